The maximum absolute atomic E-state index is 3.48. The quantitative estimate of drug-likeness (QED) is 0.789. The van der Waals surface area contributed by atoms with Crippen LogP contribution in [-0.4, -0.2) is 13.1 Å². The molecule has 2 rings (SSSR count). The molecule has 0 saturated carbocycles. The van der Waals surface area contributed by atoms with E-state index in [2.05, 4.69) is 25.2 Å². The Morgan fingerprint density at radius 2 is 2.36 bits per heavy atom. The van der Waals surface area contributed by atoms with E-state index in [9.17, 15) is 0 Å². The van der Waals surface area contributed by atoms with Gasteiger partial charge in [0, 0.05) is 9.75 Å². The second-order valence-corrected chi connectivity index (χ2v) is 5.82. The molecular formula is C12H19NS. The van der Waals surface area contributed by atoms with Crippen LogP contribution in [0.4, 0.5) is 0 Å². The fourth-order valence-corrected chi connectivity index (χ4v) is 3.25. The van der Waals surface area contributed by atoms with Gasteiger partial charge in [0.15, 0.2) is 0 Å². The number of hydrogen-bond acceptors (Lipinski definition) is 2. The fraction of sp³-hybridized carbons (Fsp3) is 0.667. The lowest BCUT2D eigenvalue weighted by Gasteiger charge is -2.22. The zero-order chi connectivity index (χ0) is 9.97. The lowest BCUT2D eigenvalue weighted by atomic mass is 9.92. The second-order valence-electron chi connectivity index (χ2n) is 4.35. The number of piperidine rings is 1. The fourth-order valence-electron chi connectivity index (χ4n) is 2.30. The predicted molar refractivity (Wildman–Crippen MR) is 63.1 cm³/mol. The van der Waals surface area contributed by atoms with Gasteiger partial charge in [-0.25, -0.2) is 0 Å². The molecule has 1 nitrogen and oxygen atoms in total. The van der Waals surface area contributed by atoms with Crippen LogP contribution in [0, 0.1) is 19.8 Å². The van der Waals surface area contributed by atoms with Crippen molar-refractivity contribution in [3.05, 3.63) is 21.4 Å². The topological polar surface area (TPSA) is 12.0 Å². The standard InChI is InChI=1S/C12H19NS/c1-9-6-12(10(2)14-9)7-11-4-3-5-13-8-11/h6,11,13H,3-5,7-8H2,1-2H3. The molecule has 0 radical (unpaired) electrons. The van der Waals surface area contributed by atoms with Crippen LogP contribution >= 0.6 is 11.3 Å². The van der Waals surface area contributed by atoms with Gasteiger partial charge < -0.3 is 5.32 Å². The van der Waals surface area contributed by atoms with E-state index >= 15 is 0 Å². The first-order valence-corrected chi connectivity index (χ1v) is 6.34. The average molecular weight is 209 g/mol. The van der Waals surface area contributed by atoms with Gasteiger partial charge in [0.2, 0.25) is 0 Å². The Balaban J connectivity index is 1.98. The van der Waals surface area contributed by atoms with Crippen LogP contribution in [0.25, 0.3) is 0 Å². The monoisotopic (exact) mass is 209 g/mol. The molecular weight excluding hydrogens is 190 g/mol. The van der Waals surface area contributed by atoms with Gasteiger partial charge in [-0.2, -0.15) is 0 Å². The van der Waals surface area contributed by atoms with Crippen molar-refractivity contribution in [3.63, 3.8) is 0 Å². The maximum atomic E-state index is 3.48. The van der Waals surface area contributed by atoms with Gasteiger partial charge in [-0.15, -0.1) is 11.3 Å². The number of nitrogens with one attached hydrogen (secondary N) is 1. The second kappa shape index (κ2) is 4.45. The molecule has 1 saturated heterocycles. The molecule has 1 aromatic heterocycles. The third kappa shape index (κ3) is 2.37. The highest BCUT2D eigenvalue weighted by atomic mass is 32.1. The van der Waals surface area contributed by atoms with Crippen molar-refractivity contribution < 1.29 is 0 Å². The van der Waals surface area contributed by atoms with E-state index in [-0.39, 0.29) is 0 Å². The molecule has 1 unspecified atom stereocenters. The van der Waals surface area contributed by atoms with Crippen LogP contribution < -0.4 is 5.32 Å². The molecule has 78 valence electrons. The smallest absolute Gasteiger partial charge is 0.00491 e. The first kappa shape index (κ1) is 10.2. The molecule has 1 N–H and O–H groups in total. The molecule has 14 heavy (non-hydrogen) atoms. The van der Waals surface area contributed by atoms with Crippen molar-refractivity contribution in [2.45, 2.75) is 33.1 Å². The van der Waals surface area contributed by atoms with Crippen LogP contribution in [0.2, 0.25) is 0 Å². The van der Waals surface area contributed by atoms with Gasteiger partial charge in [0.25, 0.3) is 0 Å². The van der Waals surface area contributed by atoms with Crippen LogP contribution in [0.1, 0.15) is 28.2 Å². The van der Waals surface area contributed by atoms with E-state index in [1.807, 2.05) is 11.3 Å². The Morgan fingerprint density at radius 1 is 1.50 bits per heavy atom. The summed E-state index contributed by atoms with van der Waals surface area (Å²) in [5, 5.41) is 3.48. The SMILES string of the molecule is Cc1cc(CC2CCCNC2)c(C)s1. The summed E-state index contributed by atoms with van der Waals surface area (Å²) < 4.78 is 0. The first-order chi connectivity index (χ1) is 6.75. The molecule has 1 aliphatic rings. The van der Waals surface area contributed by atoms with Gasteiger partial charge >= 0.3 is 0 Å². The van der Waals surface area contributed by atoms with E-state index in [0.717, 1.165) is 5.92 Å². The highest BCUT2D eigenvalue weighted by Gasteiger charge is 2.15. The Morgan fingerprint density at radius 3 is 2.93 bits per heavy atom. The van der Waals surface area contributed by atoms with Crippen molar-refractivity contribution in [3.8, 4) is 0 Å². The molecule has 0 amide bonds. The van der Waals surface area contributed by atoms with Gasteiger partial charge in [0.05, 0.1) is 0 Å². The van der Waals surface area contributed by atoms with Gasteiger partial charge in [-0.1, -0.05) is 0 Å². The third-order valence-corrected chi connectivity index (χ3v) is 4.06. The predicted octanol–water partition coefficient (Wildman–Crippen LogP) is 2.91. The Hall–Kier alpha value is -0.340. The molecule has 1 fully saturated rings. The minimum Gasteiger partial charge on any atom is -0.316 e. The summed E-state index contributed by atoms with van der Waals surface area (Å²) in [5.41, 5.74) is 1.58. The summed E-state index contributed by atoms with van der Waals surface area (Å²) in [6, 6.07) is 2.37. The number of hydrogen-bond donors (Lipinski definition) is 1. The maximum Gasteiger partial charge on any atom is 0.00491 e. The minimum absolute atomic E-state index is 0.872. The molecule has 1 aliphatic heterocycles. The molecule has 1 atom stereocenters. The van der Waals surface area contributed by atoms with E-state index < -0.39 is 0 Å². The largest absolute Gasteiger partial charge is 0.316 e. The van der Waals surface area contributed by atoms with Crippen LogP contribution in [0.3, 0.4) is 0 Å². The summed E-state index contributed by atoms with van der Waals surface area (Å²) in [5.74, 6) is 0.872. The van der Waals surface area contributed by atoms with E-state index in [0.29, 0.717) is 0 Å². The van der Waals surface area contributed by atoms with Crippen molar-refractivity contribution in [1.29, 1.82) is 0 Å². The Bertz CT molecular complexity index is 297. The highest BCUT2D eigenvalue weighted by Crippen LogP contribution is 2.25. The van der Waals surface area contributed by atoms with E-state index in [4.69, 9.17) is 0 Å². The molecule has 0 aromatic carbocycles. The van der Waals surface area contributed by atoms with Crippen molar-refractivity contribution >= 4 is 11.3 Å². The van der Waals surface area contributed by atoms with Crippen LogP contribution in [-0.2, 0) is 6.42 Å². The van der Waals surface area contributed by atoms with Gasteiger partial charge in [-0.05, 0) is 63.7 Å². The third-order valence-electron chi connectivity index (χ3n) is 3.05. The zero-order valence-electron chi connectivity index (χ0n) is 9.10. The summed E-state index contributed by atoms with van der Waals surface area (Å²) >= 11 is 1.94. The van der Waals surface area contributed by atoms with Crippen LogP contribution in [0.5, 0.6) is 0 Å². The van der Waals surface area contributed by atoms with Crippen molar-refractivity contribution in [2.24, 2.45) is 5.92 Å². The zero-order valence-corrected chi connectivity index (χ0v) is 9.91. The first-order valence-electron chi connectivity index (χ1n) is 5.52. The highest BCUT2D eigenvalue weighted by molar-refractivity contribution is 7.12. The van der Waals surface area contributed by atoms with Gasteiger partial charge in [0.1, 0.15) is 0 Å². The average Bonchev–Trinajstić information content (AvgIpc) is 2.47. The molecule has 0 bridgehead atoms. The minimum atomic E-state index is 0.872. The Kier molecular flexibility index (Phi) is 3.24. The van der Waals surface area contributed by atoms with E-state index in [1.165, 1.54) is 42.1 Å². The molecule has 2 heteroatoms. The molecule has 2 heterocycles. The molecule has 0 aliphatic carbocycles. The summed E-state index contributed by atoms with van der Waals surface area (Å²) in [4.78, 5) is 2.98. The summed E-state index contributed by atoms with van der Waals surface area (Å²) in [6.07, 6.45) is 4.04. The summed E-state index contributed by atoms with van der Waals surface area (Å²) in [6.45, 7) is 6.90. The Labute approximate surface area is 90.5 Å². The van der Waals surface area contributed by atoms with Gasteiger partial charge in [-0.3, -0.25) is 0 Å². The number of rotatable bonds is 2. The van der Waals surface area contributed by atoms with E-state index in [1.54, 1.807) is 5.56 Å². The van der Waals surface area contributed by atoms with Crippen molar-refractivity contribution in [1.82, 2.24) is 5.32 Å². The normalized spacial score (nSPS) is 22.6. The molecule has 0 spiro atoms. The lowest BCUT2D eigenvalue weighted by molar-refractivity contribution is 0.376. The summed E-state index contributed by atoms with van der Waals surface area (Å²) in [7, 11) is 0. The van der Waals surface area contributed by atoms with Crippen molar-refractivity contribution in [2.75, 3.05) is 13.1 Å². The molecule has 1 aromatic rings. The van der Waals surface area contributed by atoms with Crippen LogP contribution in [0.15, 0.2) is 6.07 Å². The number of thiophene rings is 1. The number of aryl methyl sites for hydroxylation is 2. The lowest BCUT2D eigenvalue weighted by Crippen LogP contribution is -2.30.